The van der Waals surface area contributed by atoms with Gasteiger partial charge in [-0.3, -0.25) is 0 Å². The smallest absolute Gasteiger partial charge is 0.331 e. The van der Waals surface area contributed by atoms with Crippen molar-refractivity contribution in [3.63, 3.8) is 0 Å². The molecule has 2 aromatic rings. The fraction of sp³-hybridized carbons (Fsp3) is 0.294. The second kappa shape index (κ2) is 8.62. The third kappa shape index (κ3) is 5.45. The Balaban J connectivity index is 1.99. The molecule has 8 heteroatoms. The molecule has 132 valence electrons. The first-order valence-electron chi connectivity index (χ1n) is 7.74. The highest BCUT2D eigenvalue weighted by Gasteiger charge is 2.08. The van der Waals surface area contributed by atoms with Crippen LogP contribution in [0.4, 0.5) is 11.9 Å². The quantitative estimate of drug-likeness (QED) is 0.598. The zero-order valence-electron chi connectivity index (χ0n) is 14.5. The fourth-order valence-corrected chi connectivity index (χ4v) is 1.94. The van der Waals surface area contributed by atoms with Crippen LogP contribution in [0.1, 0.15) is 18.3 Å². The van der Waals surface area contributed by atoms with Crippen LogP contribution in [0.3, 0.4) is 0 Å². The molecule has 25 heavy (non-hydrogen) atoms. The van der Waals surface area contributed by atoms with Crippen LogP contribution in [0.25, 0.3) is 6.08 Å². The molecule has 0 atom stereocenters. The highest BCUT2D eigenvalue weighted by Crippen LogP contribution is 2.19. The van der Waals surface area contributed by atoms with Gasteiger partial charge >= 0.3 is 5.97 Å². The molecule has 0 spiro atoms. The van der Waals surface area contributed by atoms with E-state index in [-0.39, 0.29) is 18.4 Å². The number of carbonyl (C=O) groups is 1. The van der Waals surface area contributed by atoms with Crippen LogP contribution in [0.5, 0.6) is 5.75 Å². The molecule has 2 rings (SSSR count). The predicted molar refractivity (Wildman–Crippen MR) is 95.0 cm³/mol. The van der Waals surface area contributed by atoms with Crippen molar-refractivity contribution >= 4 is 23.9 Å². The second-order valence-electron chi connectivity index (χ2n) is 5.22. The summed E-state index contributed by atoms with van der Waals surface area (Å²) in [6.45, 7) is 2.35. The average molecular weight is 343 g/mol. The topological polar surface area (TPSA) is 103 Å². The molecule has 0 amide bonds. The predicted octanol–water partition coefficient (Wildman–Crippen LogP) is 1.68. The van der Waals surface area contributed by atoms with E-state index in [0.29, 0.717) is 18.3 Å². The van der Waals surface area contributed by atoms with Crippen molar-refractivity contribution < 1.29 is 14.3 Å². The third-order valence-corrected chi connectivity index (χ3v) is 3.05. The molecule has 0 saturated heterocycles. The van der Waals surface area contributed by atoms with Crippen LogP contribution in [0.2, 0.25) is 0 Å². The van der Waals surface area contributed by atoms with Crippen LogP contribution in [-0.4, -0.2) is 41.6 Å². The number of nitrogen functional groups attached to an aromatic ring is 1. The number of esters is 1. The molecule has 0 fully saturated rings. The molecular formula is C17H21N5O3. The molecular weight excluding hydrogens is 322 g/mol. The van der Waals surface area contributed by atoms with Gasteiger partial charge in [0, 0.05) is 25.7 Å². The second-order valence-corrected chi connectivity index (χ2v) is 5.22. The number of carbonyl (C=O) groups excluding carboxylic acids is 1. The highest BCUT2D eigenvalue weighted by atomic mass is 16.5. The first-order chi connectivity index (χ1) is 12.0. The van der Waals surface area contributed by atoms with Gasteiger partial charge in [0.25, 0.3) is 0 Å². The van der Waals surface area contributed by atoms with Gasteiger partial charge in [0.05, 0.1) is 6.61 Å². The van der Waals surface area contributed by atoms with E-state index in [1.54, 1.807) is 25.1 Å². The number of rotatable bonds is 7. The Bertz CT molecular complexity index is 762. The third-order valence-electron chi connectivity index (χ3n) is 3.05. The summed E-state index contributed by atoms with van der Waals surface area (Å²) >= 11 is 0. The first-order valence-corrected chi connectivity index (χ1v) is 7.74. The number of benzene rings is 1. The van der Waals surface area contributed by atoms with Gasteiger partial charge in [0.1, 0.15) is 5.75 Å². The molecule has 0 bridgehead atoms. The molecule has 8 nitrogen and oxygen atoms in total. The lowest BCUT2D eigenvalue weighted by Crippen LogP contribution is -2.17. The first kappa shape index (κ1) is 18.2. The van der Waals surface area contributed by atoms with E-state index in [4.69, 9.17) is 15.2 Å². The van der Waals surface area contributed by atoms with Crippen LogP contribution < -0.4 is 15.4 Å². The zero-order valence-corrected chi connectivity index (χ0v) is 14.5. The number of nitrogens with two attached hydrogens (primary N) is 1. The number of hydrogen-bond donors (Lipinski definition) is 1. The van der Waals surface area contributed by atoms with Gasteiger partial charge in [-0.1, -0.05) is 18.2 Å². The maximum absolute atomic E-state index is 11.9. The zero-order chi connectivity index (χ0) is 18.2. The summed E-state index contributed by atoms with van der Waals surface area (Å²) in [5.74, 6) is 0.949. The molecule has 1 heterocycles. The van der Waals surface area contributed by atoms with Crippen molar-refractivity contribution in [2.24, 2.45) is 0 Å². The summed E-state index contributed by atoms with van der Waals surface area (Å²) in [6, 6.07) is 7.42. The molecule has 1 aromatic heterocycles. The van der Waals surface area contributed by atoms with E-state index in [9.17, 15) is 4.79 Å². The normalized spacial score (nSPS) is 10.7. The molecule has 1 aromatic carbocycles. The molecule has 2 N–H and O–H groups in total. The molecule has 0 aliphatic heterocycles. The summed E-state index contributed by atoms with van der Waals surface area (Å²) in [4.78, 5) is 25.7. The molecule has 0 saturated carbocycles. The van der Waals surface area contributed by atoms with E-state index in [0.717, 1.165) is 5.56 Å². The molecule has 0 aliphatic rings. The lowest BCUT2D eigenvalue weighted by atomic mass is 10.2. The van der Waals surface area contributed by atoms with Gasteiger partial charge in [0.15, 0.2) is 12.4 Å². The van der Waals surface area contributed by atoms with E-state index in [1.165, 1.54) is 6.08 Å². The van der Waals surface area contributed by atoms with E-state index in [2.05, 4.69) is 15.0 Å². The maximum Gasteiger partial charge on any atom is 0.331 e. The van der Waals surface area contributed by atoms with Crippen LogP contribution >= 0.6 is 0 Å². The number of hydrogen-bond acceptors (Lipinski definition) is 8. The van der Waals surface area contributed by atoms with Gasteiger partial charge in [0.2, 0.25) is 11.9 Å². The van der Waals surface area contributed by atoms with Crippen LogP contribution in [0.15, 0.2) is 30.3 Å². The van der Waals surface area contributed by atoms with Gasteiger partial charge in [-0.2, -0.15) is 15.0 Å². The Morgan fingerprint density at radius 3 is 2.72 bits per heavy atom. The van der Waals surface area contributed by atoms with E-state index < -0.39 is 5.97 Å². The fourth-order valence-electron chi connectivity index (χ4n) is 1.94. The van der Waals surface area contributed by atoms with Gasteiger partial charge in [-0.25, -0.2) is 4.79 Å². The highest BCUT2D eigenvalue weighted by molar-refractivity contribution is 5.87. The number of nitrogens with zero attached hydrogens (tertiary/aromatic N) is 4. The van der Waals surface area contributed by atoms with Crippen molar-refractivity contribution in [3.8, 4) is 5.75 Å². The van der Waals surface area contributed by atoms with Crippen molar-refractivity contribution in [1.29, 1.82) is 0 Å². The standard InChI is InChI=1S/C17H21N5O3/c1-4-24-13-8-6-5-7-12(13)9-10-15(23)25-11-14-19-16(18)21-17(20-14)22(2)3/h5-10H,4,11H2,1-3H3,(H2,18,19,20,21)/b10-9+. The maximum atomic E-state index is 11.9. The van der Waals surface area contributed by atoms with E-state index in [1.807, 2.05) is 31.2 Å². The van der Waals surface area contributed by atoms with Crippen molar-refractivity contribution in [2.75, 3.05) is 31.3 Å². The Kier molecular flexibility index (Phi) is 6.27. The van der Waals surface area contributed by atoms with Gasteiger partial charge in [-0.05, 0) is 19.1 Å². The minimum atomic E-state index is -0.517. The minimum Gasteiger partial charge on any atom is -0.493 e. The lowest BCUT2D eigenvalue weighted by Gasteiger charge is -2.11. The van der Waals surface area contributed by atoms with Crippen molar-refractivity contribution in [2.45, 2.75) is 13.5 Å². The number of anilines is 2. The Morgan fingerprint density at radius 2 is 2.00 bits per heavy atom. The molecule has 0 radical (unpaired) electrons. The summed E-state index contributed by atoms with van der Waals surface area (Å²) in [6.07, 6.45) is 2.97. The van der Waals surface area contributed by atoms with Crippen LogP contribution in [0, 0.1) is 0 Å². The van der Waals surface area contributed by atoms with Crippen molar-refractivity contribution in [1.82, 2.24) is 15.0 Å². The average Bonchev–Trinajstić information content (AvgIpc) is 2.59. The summed E-state index contributed by atoms with van der Waals surface area (Å²) in [7, 11) is 3.56. The summed E-state index contributed by atoms with van der Waals surface area (Å²) in [5, 5.41) is 0. The van der Waals surface area contributed by atoms with Crippen molar-refractivity contribution in [3.05, 3.63) is 41.7 Å². The van der Waals surface area contributed by atoms with Gasteiger partial charge < -0.3 is 20.1 Å². The summed E-state index contributed by atoms with van der Waals surface area (Å²) < 4.78 is 10.6. The number of para-hydroxylation sites is 1. The Morgan fingerprint density at radius 1 is 1.24 bits per heavy atom. The monoisotopic (exact) mass is 343 g/mol. The largest absolute Gasteiger partial charge is 0.493 e. The Labute approximate surface area is 146 Å². The molecule has 0 unspecified atom stereocenters. The van der Waals surface area contributed by atoms with Gasteiger partial charge in [-0.15, -0.1) is 0 Å². The number of aromatic nitrogens is 3. The van der Waals surface area contributed by atoms with E-state index >= 15 is 0 Å². The minimum absolute atomic E-state index is 0.0749. The summed E-state index contributed by atoms with van der Waals surface area (Å²) in [5.41, 5.74) is 6.42. The lowest BCUT2D eigenvalue weighted by molar-refractivity contribution is -0.139. The van der Waals surface area contributed by atoms with Crippen LogP contribution in [-0.2, 0) is 16.1 Å². The molecule has 0 aliphatic carbocycles. The SMILES string of the molecule is CCOc1ccccc1/C=C/C(=O)OCc1nc(N)nc(N(C)C)n1. The Hall–Kier alpha value is -3.16. The number of ether oxygens (including phenoxy) is 2.